The number of methoxy groups -OCH3 is 3. The number of ether oxygens (including phenoxy) is 3. The first-order valence-electron chi connectivity index (χ1n) is 9.05. The molecule has 0 atom stereocenters. The molecule has 2 aromatic carbocycles. The molecule has 0 saturated carbocycles. The van der Waals surface area contributed by atoms with E-state index in [0.717, 1.165) is 17.7 Å². The lowest BCUT2D eigenvalue weighted by Gasteiger charge is -2.28. The topological polar surface area (TPSA) is 55.3 Å². The molecule has 0 fully saturated rings. The quantitative estimate of drug-likeness (QED) is 0.709. The Labute approximate surface area is 172 Å². The van der Waals surface area contributed by atoms with Gasteiger partial charge in [-0.1, -0.05) is 0 Å². The minimum atomic E-state index is -1.50. The molecule has 1 heterocycles. The summed E-state index contributed by atoms with van der Waals surface area (Å²) in [7, 11) is 4.59. The zero-order chi connectivity index (χ0) is 21.8. The van der Waals surface area contributed by atoms with Gasteiger partial charge in [-0.15, -0.1) is 0 Å². The molecule has 0 aliphatic carbocycles. The third-order valence-electron chi connectivity index (χ3n) is 4.59. The summed E-state index contributed by atoms with van der Waals surface area (Å²) < 4.78 is 56.5. The van der Waals surface area contributed by atoms with E-state index < -0.39 is 17.5 Å². The minimum Gasteiger partial charge on any atom is -0.498 e. The predicted octanol–water partition coefficient (Wildman–Crippen LogP) is 4.20. The molecule has 1 N–H and O–H groups in total. The zero-order valence-electron chi connectivity index (χ0n) is 17.1. The van der Waals surface area contributed by atoms with Crippen molar-refractivity contribution < 1.29 is 27.4 Å². The van der Waals surface area contributed by atoms with Crippen LogP contribution in [0.2, 0.25) is 0 Å². The monoisotopic (exact) mass is 421 g/mol. The van der Waals surface area contributed by atoms with E-state index in [2.05, 4.69) is 10.3 Å². The van der Waals surface area contributed by atoms with Crippen LogP contribution in [0, 0.1) is 24.4 Å². The van der Waals surface area contributed by atoms with Gasteiger partial charge in [0, 0.05) is 18.0 Å². The van der Waals surface area contributed by atoms with Gasteiger partial charge in [0.25, 0.3) is 0 Å². The highest BCUT2D eigenvalue weighted by Crippen LogP contribution is 2.33. The van der Waals surface area contributed by atoms with Crippen LogP contribution in [0.15, 0.2) is 41.2 Å². The lowest BCUT2D eigenvalue weighted by Crippen LogP contribution is -2.35. The number of nitrogens with zero attached hydrogens (tertiary/aromatic N) is 2. The second kappa shape index (κ2) is 8.98. The van der Waals surface area contributed by atoms with Gasteiger partial charge >= 0.3 is 0 Å². The van der Waals surface area contributed by atoms with Crippen LogP contribution in [0.4, 0.5) is 18.9 Å². The van der Waals surface area contributed by atoms with Gasteiger partial charge in [-0.25, -0.2) is 18.2 Å². The van der Waals surface area contributed by atoms with Gasteiger partial charge in [-0.3, -0.25) is 0 Å². The van der Waals surface area contributed by atoms with E-state index in [0.29, 0.717) is 28.9 Å². The highest BCUT2D eigenvalue weighted by Gasteiger charge is 2.20. The number of nitrogens with one attached hydrogen (secondary N) is 1. The molecule has 3 rings (SSSR count). The van der Waals surface area contributed by atoms with E-state index in [1.807, 2.05) is 13.0 Å². The zero-order valence-corrected chi connectivity index (χ0v) is 17.1. The molecule has 30 heavy (non-hydrogen) atoms. The second-order valence-corrected chi connectivity index (χ2v) is 6.59. The lowest BCUT2D eigenvalue weighted by atomic mass is 10.1. The number of benzene rings is 2. The summed E-state index contributed by atoms with van der Waals surface area (Å²) in [6, 6.07) is 5.48. The van der Waals surface area contributed by atoms with Crippen LogP contribution in [0.1, 0.15) is 11.1 Å². The van der Waals surface area contributed by atoms with Gasteiger partial charge in [0.15, 0.2) is 29.0 Å². The largest absolute Gasteiger partial charge is 0.498 e. The smallest absolute Gasteiger partial charge is 0.203 e. The van der Waals surface area contributed by atoms with Gasteiger partial charge in [0.1, 0.15) is 12.3 Å². The number of hydrogen-bond acceptors (Lipinski definition) is 6. The maximum Gasteiger partial charge on any atom is 0.203 e. The summed E-state index contributed by atoms with van der Waals surface area (Å²) >= 11 is 0. The van der Waals surface area contributed by atoms with Crippen molar-refractivity contribution in [3.8, 4) is 11.5 Å². The van der Waals surface area contributed by atoms with Gasteiger partial charge in [0.2, 0.25) is 5.96 Å². The normalized spacial score (nSPS) is 13.5. The van der Waals surface area contributed by atoms with Gasteiger partial charge < -0.3 is 24.4 Å². The Morgan fingerprint density at radius 3 is 2.20 bits per heavy atom. The molecule has 9 heteroatoms. The molecular weight excluding hydrogens is 399 g/mol. The molecule has 2 aromatic rings. The van der Waals surface area contributed by atoms with E-state index >= 15 is 0 Å². The number of guanidine groups is 1. The first-order valence-corrected chi connectivity index (χ1v) is 9.05. The Morgan fingerprint density at radius 2 is 1.60 bits per heavy atom. The summed E-state index contributed by atoms with van der Waals surface area (Å²) in [6.07, 6.45) is 1.67. The number of halogens is 3. The fourth-order valence-corrected chi connectivity index (χ4v) is 3.00. The molecule has 0 bridgehead atoms. The molecule has 160 valence electrons. The SMILES string of the molecule is COC1=CN(Cc2cc(F)c(F)c(F)c2)C(Nc2cc(OC)c(OC)cc2C)=NC1. The van der Waals surface area contributed by atoms with Crippen molar-refractivity contribution in [1.82, 2.24) is 4.90 Å². The van der Waals surface area contributed by atoms with E-state index in [-0.39, 0.29) is 18.7 Å². The number of aliphatic imine (C=N–C) groups is 1. The summed E-state index contributed by atoms with van der Waals surface area (Å²) in [5.74, 6) is -1.89. The van der Waals surface area contributed by atoms with Crippen molar-refractivity contribution in [2.24, 2.45) is 4.99 Å². The Kier molecular flexibility index (Phi) is 6.39. The molecule has 0 radical (unpaired) electrons. The van der Waals surface area contributed by atoms with Crippen LogP contribution in [0.5, 0.6) is 11.5 Å². The number of hydrogen-bond donors (Lipinski definition) is 1. The number of anilines is 1. The summed E-state index contributed by atoms with van der Waals surface area (Å²) in [6.45, 7) is 2.21. The average molecular weight is 421 g/mol. The van der Waals surface area contributed by atoms with Crippen LogP contribution in [-0.4, -0.2) is 38.7 Å². The summed E-state index contributed by atoms with van der Waals surface area (Å²) in [4.78, 5) is 6.09. The Bertz CT molecular complexity index is 985. The molecule has 6 nitrogen and oxygen atoms in total. The van der Waals surface area contributed by atoms with Crippen molar-refractivity contribution >= 4 is 11.6 Å². The molecule has 0 aromatic heterocycles. The van der Waals surface area contributed by atoms with Crippen LogP contribution < -0.4 is 14.8 Å². The molecule has 1 aliphatic rings. The maximum absolute atomic E-state index is 13.6. The van der Waals surface area contributed by atoms with Gasteiger partial charge in [-0.05, 0) is 36.2 Å². The standard InChI is InChI=1S/C21H22F3N3O3/c1-12-5-18(29-3)19(30-4)8-17(12)26-21-25-9-14(28-2)11-27(21)10-13-6-15(22)20(24)16(23)7-13/h5-8,11H,9-10H2,1-4H3,(H,25,26). The second-order valence-electron chi connectivity index (χ2n) is 6.59. The van der Waals surface area contributed by atoms with Crippen molar-refractivity contribution in [3.63, 3.8) is 0 Å². The maximum atomic E-state index is 13.6. The van der Waals surface area contributed by atoms with Crippen molar-refractivity contribution in [3.05, 3.63) is 64.8 Å². The van der Waals surface area contributed by atoms with Gasteiger partial charge in [-0.2, -0.15) is 0 Å². The fraction of sp³-hybridized carbons (Fsp3) is 0.286. The molecule has 0 spiro atoms. The number of aryl methyl sites for hydroxylation is 1. The molecular formula is C21H22F3N3O3. The predicted molar refractivity (Wildman–Crippen MR) is 107 cm³/mol. The van der Waals surface area contributed by atoms with Crippen LogP contribution >= 0.6 is 0 Å². The first-order chi connectivity index (χ1) is 14.4. The Morgan fingerprint density at radius 1 is 0.967 bits per heavy atom. The van der Waals surface area contributed by atoms with Crippen LogP contribution in [0.25, 0.3) is 0 Å². The van der Waals surface area contributed by atoms with Gasteiger partial charge in [0.05, 0.1) is 27.9 Å². The van der Waals surface area contributed by atoms with E-state index in [1.54, 1.807) is 24.3 Å². The Balaban J connectivity index is 1.91. The third-order valence-corrected chi connectivity index (χ3v) is 4.59. The Hall–Kier alpha value is -3.36. The highest BCUT2D eigenvalue weighted by atomic mass is 19.2. The highest BCUT2D eigenvalue weighted by molar-refractivity contribution is 5.96. The third kappa shape index (κ3) is 4.45. The van der Waals surface area contributed by atoms with E-state index in [9.17, 15) is 13.2 Å². The summed E-state index contributed by atoms with van der Waals surface area (Å²) in [5, 5.41) is 3.21. The van der Waals surface area contributed by atoms with Crippen LogP contribution in [0.3, 0.4) is 0 Å². The summed E-state index contributed by atoms with van der Waals surface area (Å²) in [5.41, 5.74) is 1.82. The van der Waals surface area contributed by atoms with Crippen molar-refractivity contribution in [1.29, 1.82) is 0 Å². The van der Waals surface area contributed by atoms with Crippen LogP contribution in [-0.2, 0) is 11.3 Å². The number of rotatable bonds is 6. The molecule has 0 saturated heterocycles. The van der Waals surface area contributed by atoms with E-state index in [4.69, 9.17) is 14.2 Å². The fourth-order valence-electron chi connectivity index (χ4n) is 3.00. The molecule has 0 amide bonds. The minimum absolute atomic E-state index is 0.0408. The van der Waals surface area contributed by atoms with Crippen molar-refractivity contribution in [2.45, 2.75) is 13.5 Å². The molecule has 0 unspecified atom stereocenters. The van der Waals surface area contributed by atoms with Crippen molar-refractivity contribution in [2.75, 3.05) is 33.2 Å². The molecule has 1 aliphatic heterocycles. The van der Waals surface area contributed by atoms with E-state index in [1.165, 1.54) is 14.2 Å². The average Bonchev–Trinajstić information content (AvgIpc) is 2.74. The lowest BCUT2D eigenvalue weighted by molar-refractivity contribution is 0.273. The first kappa shape index (κ1) is 21.4.